The number of rotatable bonds is 7. The lowest BCUT2D eigenvalue weighted by molar-refractivity contribution is -0.114. The predicted octanol–water partition coefficient (Wildman–Crippen LogP) is 5.80. The summed E-state index contributed by atoms with van der Waals surface area (Å²) in [6, 6.07) is 31.0. The molecule has 6 heteroatoms. The van der Waals surface area contributed by atoms with Gasteiger partial charge in [0.05, 0.1) is 10.6 Å². The molecule has 0 saturated carbocycles. The van der Waals surface area contributed by atoms with Crippen molar-refractivity contribution in [2.75, 3.05) is 16.2 Å². The average Bonchev–Trinajstić information content (AvgIpc) is 2.84. The molecule has 0 aromatic heterocycles. The Labute approximate surface area is 200 Å². The molecule has 0 fully saturated rings. The predicted molar refractivity (Wildman–Crippen MR) is 137 cm³/mol. The number of amides is 1. The maximum absolute atomic E-state index is 13.6. The number of nitrogens with zero attached hydrogens (tertiary/aromatic N) is 1. The van der Waals surface area contributed by atoms with Gasteiger partial charge >= 0.3 is 0 Å². The third-order valence-electron chi connectivity index (χ3n) is 5.57. The van der Waals surface area contributed by atoms with Gasteiger partial charge in [-0.2, -0.15) is 0 Å². The Kier molecular flexibility index (Phi) is 6.80. The van der Waals surface area contributed by atoms with Gasteiger partial charge in [-0.25, -0.2) is 8.42 Å². The minimum absolute atomic E-state index is 0.138. The molecule has 172 valence electrons. The molecule has 0 radical (unpaired) electrons. The first-order valence-corrected chi connectivity index (χ1v) is 12.4. The van der Waals surface area contributed by atoms with Crippen LogP contribution in [0.1, 0.15) is 11.1 Å². The van der Waals surface area contributed by atoms with Crippen molar-refractivity contribution in [3.63, 3.8) is 0 Å². The lowest BCUT2D eigenvalue weighted by atomic mass is 10.0. The van der Waals surface area contributed by atoms with Crippen LogP contribution in [0, 0.1) is 13.8 Å². The van der Waals surface area contributed by atoms with Gasteiger partial charge < -0.3 is 5.32 Å². The standard InChI is InChI=1S/C28H26N2O3S/c1-21-16-18-24(19-17-21)34(32,33)30(27-15-9-6-10-22(27)2)20-28(31)29-26-14-8-7-13-25(26)23-11-4-3-5-12-23/h3-19H,20H2,1-2H3,(H,29,31). The summed E-state index contributed by atoms with van der Waals surface area (Å²) >= 11 is 0. The second-order valence-corrected chi connectivity index (χ2v) is 9.93. The molecule has 4 aromatic carbocycles. The van der Waals surface area contributed by atoms with E-state index in [1.54, 1.807) is 36.4 Å². The molecule has 4 rings (SSSR count). The molecule has 0 saturated heterocycles. The van der Waals surface area contributed by atoms with Crippen LogP contribution in [0.2, 0.25) is 0 Å². The van der Waals surface area contributed by atoms with Gasteiger partial charge in [-0.3, -0.25) is 9.10 Å². The second-order valence-electron chi connectivity index (χ2n) is 8.07. The molecule has 0 spiro atoms. The summed E-state index contributed by atoms with van der Waals surface area (Å²) in [4.78, 5) is 13.3. The van der Waals surface area contributed by atoms with E-state index in [1.165, 1.54) is 4.31 Å². The Morgan fingerprint density at radius 2 is 1.38 bits per heavy atom. The number of sulfonamides is 1. The molecular weight excluding hydrogens is 444 g/mol. The van der Waals surface area contributed by atoms with Gasteiger partial charge in [0.25, 0.3) is 10.0 Å². The first-order valence-electron chi connectivity index (χ1n) is 11.0. The van der Waals surface area contributed by atoms with Crippen LogP contribution < -0.4 is 9.62 Å². The van der Waals surface area contributed by atoms with E-state index in [2.05, 4.69) is 5.32 Å². The lowest BCUT2D eigenvalue weighted by Gasteiger charge is -2.26. The largest absolute Gasteiger partial charge is 0.324 e. The highest BCUT2D eigenvalue weighted by Crippen LogP contribution is 2.29. The molecule has 0 aliphatic carbocycles. The van der Waals surface area contributed by atoms with Gasteiger partial charge in [0, 0.05) is 11.3 Å². The zero-order chi connectivity index (χ0) is 24.1. The number of para-hydroxylation sites is 2. The quantitative estimate of drug-likeness (QED) is 0.371. The monoisotopic (exact) mass is 470 g/mol. The SMILES string of the molecule is Cc1ccc(S(=O)(=O)N(CC(=O)Nc2ccccc2-c2ccccc2)c2ccccc2C)cc1. The first-order chi connectivity index (χ1) is 16.4. The van der Waals surface area contributed by atoms with E-state index in [-0.39, 0.29) is 11.4 Å². The third-order valence-corrected chi connectivity index (χ3v) is 7.34. The van der Waals surface area contributed by atoms with E-state index >= 15 is 0 Å². The van der Waals surface area contributed by atoms with E-state index < -0.39 is 15.9 Å². The Bertz CT molecular complexity index is 1400. The minimum atomic E-state index is -3.97. The van der Waals surface area contributed by atoms with Crippen molar-refractivity contribution >= 4 is 27.3 Å². The molecule has 4 aromatic rings. The molecule has 1 amide bonds. The number of nitrogens with one attached hydrogen (secondary N) is 1. The van der Waals surface area contributed by atoms with Gasteiger partial charge in [0.15, 0.2) is 0 Å². The fourth-order valence-corrected chi connectivity index (χ4v) is 5.25. The molecule has 0 heterocycles. The van der Waals surface area contributed by atoms with Crippen LogP contribution in [0.5, 0.6) is 0 Å². The maximum atomic E-state index is 13.6. The van der Waals surface area contributed by atoms with Crippen molar-refractivity contribution in [3.8, 4) is 11.1 Å². The summed E-state index contributed by atoms with van der Waals surface area (Å²) in [7, 11) is -3.97. The van der Waals surface area contributed by atoms with Gasteiger partial charge in [0.2, 0.25) is 5.91 Å². The Morgan fingerprint density at radius 3 is 2.09 bits per heavy atom. The van der Waals surface area contributed by atoms with E-state index in [9.17, 15) is 13.2 Å². The van der Waals surface area contributed by atoms with Crippen LogP contribution in [-0.4, -0.2) is 20.9 Å². The van der Waals surface area contributed by atoms with E-state index in [0.29, 0.717) is 11.4 Å². The number of carbonyl (C=O) groups is 1. The summed E-state index contributed by atoms with van der Waals surface area (Å²) in [6.07, 6.45) is 0. The van der Waals surface area contributed by atoms with Crippen molar-refractivity contribution in [2.24, 2.45) is 0 Å². The Balaban J connectivity index is 1.68. The highest BCUT2D eigenvalue weighted by Gasteiger charge is 2.28. The Morgan fingerprint density at radius 1 is 0.765 bits per heavy atom. The molecule has 0 bridgehead atoms. The van der Waals surface area contributed by atoms with Gasteiger partial charge in [-0.1, -0.05) is 84.4 Å². The van der Waals surface area contributed by atoms with Crippen molar-refractivity contribution in [1.82, 2.24) is 0 Å². The van der Waals surface area contributed by atoms with Gasteiger partial charge in [-0.15, -0.1) is 0 Å². The van der Waals surface area contributed by atoms with Crippen LogP contribution >= 0.6 is 0 Å². The van der Waals surface area contributed by atoms with Crippen molar-refractivity contribution in [1.29, 1.82) is 0 Å². The van der Waals surface area contributed by atoms with Crippen LogP contribution in [-0.2, 0) is 14.8 Å². The second kappa shape index (κ2) is 9.93. The van der Waals surface area contributed by atoms with Crippen LogP contribution in [0.3, 0.4) is 0 Å². The summed E-state index contributed by atoms with van der Waals surface area (Å²) in [6.45, 7) is 3.37. The van der Waals surface area contributed by atoms with Crippen molar-refractivity contribution < 1.29 is 13.2 Å². The lowest BCUT2D eigenvalue weighted by Crippen LogP contribution is -2.38. The van der Waals surface area contributed by atoms with Gasteiger partial charge in [-0.05, 0) is 49.2 Å². The van der Waals surface area contributed by atoms with E-state index in [4.69, 9.17) is 0 Å². The molecule has 0 aliphatic heterocycles. The summed E-state index contributed by atoms with van der Waals surface area (Å²) in [5.41, 5.74) is 4.62. The smallest absolute Gasteiger partial charge is 0.264 e. The number of anilines is 2. The fourth-order valence-electron chi connectivity index (χ4n) is 3.76. The topological polar surface area (TPSA) is 66.5 Å². The number of aryl methyl sites for hydroxylation is 2. The van der Waals surface area contributed by atoms with Crippen molar-refractivity contribution in [2.45, 2.75) is 18.7 Å². The normalized spacial score (nSPS) is 11.1. The number of hydrogen-bond acceptors (Lipinski definition) is 3. The van der Waals surface area contributed by atoms with E-state index in [1.807, 2.05) is 80.6 Å². The molecule has 5 nitrogen and oxygen atoms in total. The van der Waals surface area contributed by atoms with Crippen LogP contribution in [0.15, 0.2) is 108 Å². The summed E-state index contributed by atoms with van der Waals surface area (Å²) < 4.78 is 28.4. The average molecular weight is 471 g/mol. The molecule has 34 heavy (non-hydrogen) atoms. The van der Waals surface area contributed by atoms with Crippen LogP contribution in [0.4, 0.5) is 11.4 Å². The molecular formula is C28H26N2O3S. The van der Waals surface area contributed by atoms with Gasteiger partial charge in [0.1, 0.15) is 6.54 Å². The maximum Gasteiger partial charge on any atom is 0.264 e. The highest BCUT2D eigenvalue weighted by atomic mass is 32.2. The first kappa shape index (κ1) is 23.3. The molecule has 0 aliphatic rings. The summed E-state index contributed by atoms with van der Waals surface area (Å²) in [5, 5.41) is 2.92. The van der Waals surface area contributed by atoms with Crippen LogP contribution in [0.25, 0.3) is 11.1 Å². The number of benzene rings is 4. The Hall–Kier alpha value is -3.90. The van der Waals surface area contributed by atoms with Crippen molar-refractivity contribution in [3.05, 3.63) is 114 Å². The minimum Gasteiger partial charge on any atom is -0.324 e. The van der Waals surface area contributed by atoms with E-state index in [0.717, 1.165) is 22.3 Å². The summed E-state index contributed by atoms with van der Waals surface area (Å²) in [5.74, 6) is -0.428. The molecule has 1 N–H and O–H groups in total. The molecule has 0 atom stereocenters. The zero-order valence-electron chi connectivity index (χ0n) is 19.1. The molecule has 0 unspecified atom stereocenters. The highest BCUT2D eigenvalue weighted by molar-refractivity contribution is 7.92. The third kappa shape index (κ3) is 5.02. The fraction of sp³-hybridized carbons (Fsp3) is 0.107. The zero-order valence-corrected chi connectivity index (χ0v) is 19.9. The number of hydrogen-bond donors (Lipinski definition) is 1. The number of carbonyl (C=O) groups excluding carboxylic acids is 1.